The van der Waals surface area contributed by atoms with Gasteiger partial charge in [-0.1, -0.05) is 18.2 Å². The highest BCUT2D eigenvalue weighted by atomic mass is 19.4. The molecule has 0 amide bonds. The van der Waals surface area contributed by atoms with Gasteiger partial charge in [-0.25, -0.2) is 0 Å². The summed E-state index contributed by atoms with van der Waals surface area (Å²) in [7, 11) is 1.81. The van der Waals surface area contributed by atoms with E-state index in [0.717, 1.165) is 6.42 Å². The van der Waals surface area contributed by atoms with Crippen LogP contribution in [-0.4, -0.2) is 26.6 Å². The van der Waals surface area contributed by atoms with Crippen molar-refractivity contribution in [1.29, 1.82) is 0 Å². The van der Waals surface area contributed by atoms with Gasteiger partial charge in [0.2, 0.25) is 0 Å². The van der Waals surface area contributed by atoms with Crippen LogP contribution < -0.4 is 10.1 Å². The highest BCUT2D eigenvalue weighted by molar-refractivity contribution is 5.36. The Morgan fingerprint density at radius 1 is 1.37 bits per heavy atom. The quantitative estimate of drug-likeness (QED) is 0.916. The lowest BCUT2D eigenvalue weighted by molar-refractivity contribution is -0.275. The zero-order chi connectivity index (χ0) is 13.9. The molecule has 0 aliphatic carbocycles. The molecule has 1 fully saturated rings. The second-order valence-electron chi connectivity index (χ2n) is 4.48. The molecular formula is C13H16F3NO2. The summed E-state index contributed by atoms with van der Waals surface area (Å²) in [5, 5.41) is 3.03. The van der Waals surface area contributed by atoms with E-state index in [1.54, 1.807) is 12.1 Å². The van der Waals surface area contributed by atoms with Gasteiger partial charge < -0.3 is 14.8 Å². The van der Waals surface area contributed by atoms with E-state index < -0.39 is 6.36 Å². The molecule has 0 spiro atoms. The number of hydrogen-bond donors (Lipinski definition) is 1. The lowest BCUT2D eigenvalue weighted by atomic mass is 9.94. The summed E-state index contributed by atoms with van der Waals surface area (Å²) in [6.07, 6.45) is -4.22. The topological polar surface area (TPSA) is 30.5 Å². The highest BCUT2D eigenvalue weighted by Gasteiger charge is 2.36. The van der Waals surface area contributed by atoms with Gasteiger partial charge in [0.05, 0.1) is 6.10 Å². The van der Waals surface area contributed by atoms with Gasteiger partial charge >= 0.3 is 6.36 Å². The Labute approximate surface area is 109 Å². The summed E-state index contributed by atoms with van der Waals surface area (Å²) in [6.45, 7) is 1.25. The van der Waals surface area contributed by atoms with E-state index in [1.807, 2.05) is 7.05 Å². The van der Waals surface area contributed by atoms with Crippen LogP contribution in [0.2, 0.25) is 0 Å². The zero-order valence-corrected chi connectivity index (χ0v) is 10.5. The normalized spacial score (nSPS) is 23.6. The summed E-state index contributed by atoms with van der Waals surface area (Å²) in [5.41, 5.74) is 0.456. The van der Waals surface area contributed by atoms with Crippen molar-refractivity contribution in [2.45, 2.75) is 18.9 Å². The number of benzene rings is 1. The van der Waals surface area contributed by atoms with E-state index in [2.05, 4.69) is 10.1 Å². The molecule has 2 rings (SSSR count). The lowest BCUT2D eigenvalue weighted by Crippen LogP contribution is -2.23. The second-order valence-corrected chi connectivity index (χ2v) is 4.48. The van der Waals surface area contributed by atoms with Crippen LogP contribution in [0.15, 0.2) is 24.3 Å². The van der Waals surface area contributed by atoms with Gasteiger partial charge in [0.15, 0.2) is 0 Å². The Morgan fingerprint density at radius 3 is 2.79 bits per heavy atom. The Morgan fingerprint density at radius 2 is 2.11 bits per heavy atom. The van der Waals surface area contributed by atoms with Crippen molar-refractivity contribution in [3.8, 4) is 5.75 Å². The summed E-state index contributed by atoms with van der Waals surface area (Å²) >= 11 is 0. The fraction of sp³-hybridized carbons (Fsp3) is 0.538. The van der Waals surface area contributed by atoms with Gasteiger partial charge in [-0.2, -0.15) is 0 Å². The van der Waals surface area contributed by atoms with Crippen molar-refractivity contribution >= 4 is 0 Å². The molecule has 0 radical (unpaired) electrons. The largest absolute Gasteiger partial charge is 0.573 e. The van der Waals surface area contributed by atoms with Crippen LogP contribution >= 0.6 is 0 Å². The van der Waals surface area contributed by atoms with Crippen LogP contribution in [0.3, 0.4) is 0 Å². The summed E-state index contributed by atoms with van der Waals surface area (Å²) in [4.78, 5) is 0. The molecule has 1 heterocycles. The van der Waals surface area contributed by atoms with Gasteiger partial charge in [0, 0.05) is 24.6 Å². The molecule has 1 aromatic carbocycles. The maximum Gasteiger partial charge on any atom is 0.573 e. The van der Waals surface area contributed by atoms with E-state index in [0.29, 0.717) is 18.7 Å². The molecule has 1 saturated heterocycles. The zero-order valence-electron chi connectivity index (χ0n) is 10.5. The summed E-state index contributed by atoms with van der Waals surface area (Å²) in [5.74, 6) is -0.0222. The van der Waals surface area contributed by atoms with E-state index in [-0.39, 0.29) is 17.8 Å². The number of para-hydroxylation sites is 1. The van der Waals surface area contributed by atoms with Crippen LogP contribution in [0, 0.1) is 5.92 Å². The third-order valence-electron chi connectivity index (χ3n) is 3.13. The van der Waals surface area contributed by atoms with Crippen molar-refractivity contribution in [2.24, 2.45) is 5.92 Å². The fourth-order valence-electron chi connectivity index (χ4n) is 2.38. The predicted octanol–water partition coefficient (Wildman–Crippen LogP) is 2.88. The third kappa shape index (κ3) is 3.61. The first kappa shape index (κ1) is 14.1. The number of ether oxygens (including phenoxy) is 2. The van der Waals surface area contributed by atoms with Crippen LogP contribution in [-0.2, 0) is 4.74 Å². The maximum atomic E-state index is 12.4. The molecule has 3 nitrogen and oxygen atoms in total. The average Bonchev–Trinajstić information content (AvgIpc) is 2.76. The molecule has 2 unspecified atom stereocenters. The van der Waals surface area contributed by atoms with Gasteiger partial charge in [-0.05, 0) is 19.5 Å². The first-order chi connectivity index (χ1) is 9.01. The predicted molar refractivity (Wildman–Crippen MR) is 63.9 cm³/mol. The molecule has 19 heavy (non-hydrogen) atoms. The molecule has 0 saturated carbocycles. The fourth-order valence-corrected chi connectivity index (χ4v) is 2.38. The molecular weight excluding hydrogens is 259 g/mol. The Kier molecular flexibility index (Phi) is 4.31. The first-order valence-electron chi connectivity index (χ1n) is 6.12. The Balaban J connectivity index is 2.23. The SMILES string of the molecule is CNCC1CCOC1c1ccccc1OC(F)(F)F. The van der Waals surface area contributed by atoms with Gasteiger partial charge in [-0.3, -0.25) is 0 Å². The third-order valence-corrected chi connectivity index (χ3v) is 3.13. The Hall–Kier alpha value is -1.27. The molecule has 1 N–H and O–H groups in total. The molecule has 0 bridgehead atoms. The minimum Gasteiger partial charge on any atom is -0.405 e. The van der Waals surface area contributed by atoms with Gasteiger partial charge in [-0.15, -0.1) is 13.2 Å². The van der Waals surface area contributed by atoms with Crippen LogP contribution in [0.1, 0.15) is 18.1 Å². The smallest absolute Gasteiger partial charge is 0.405 e. The number of halogens is 3. The molecule has 1 aliphatic heterocycles. The molecule has 106 valence electrons. The number of rotatable bonds is 4. The van der Waals surface area contributed by atoms with E-state index >= 15 is 0 Å². The van der Waals surface area contributed by atoms with Crippen LogP contribution in [0.25, 0.3) is 0 Å². The Bertz CT molecular complexity index is 423. The van der Waals surface area contributed by atoms with Crippen molar-refractivity contribution in [3.63, 3.8) is 0 Å². The van der Waals surface area contributed by atoms with Crippen LogP contribution in [0.5, 0.6) is 5.75 Å². The molecule has 6 heteroatoms. The van der Waals surface area contributed by atoms with Crippen molar-refractivity contribution in [1.82, 2.24) is 5.32 Å². The van der Waals surface area contributed by atoms with Crippen molar-refractivity contribution in [3.05, 3.63) is 29.8 Å². The molecule has 1 aromatic rings. The maximum absolute atomic E-state index is 12.4. The second kappa shape index (κ2) is 5.79. The summed E-state index contributed by atoms with van der Waals surface area (Å²) in [6, 6.07) is 6.16. The van der Waals surface area contributed by atoms with Gasteiger partial charge in [0.25, 0.3) is 0 Å². The number of nitrogens with one attached hydrogen (secondary N) is 1. The lowest BCUT2D eigenvalue weighted by Gasteiger charge is -2.21. The van der Waals surface area contributed by atoms with Crippen molar-refractivity contribution < 1.29 is 22.6 Å². The van der Waals surface area contributed by atoms with E-state index in [1.165, 1.54) is 12.1 Å². The van der Waals surface area contributed by atoms with Gasteiger partial charge in [0.1, 0.15) is 5.75 Å². The average molecular weight is 275 g/mol. The summed E-state index contributed by atoms with van der Waals surface area (Å²) < 4.78 is 46.8. The highest BCUT2D eigenvalue weighted by Crippen LogP contribution is 2.40. The van der Waals surface area contributed by atoms with Crippen LogP contribution in [0.4, 0.5) is 13.2 Å². The minimum absolute atomic E-state index is 0.156. The monoisotopic (exact) mass is 275 g/mol. The standard InChI is InChI=1S/C13H16F3NO2/c1-17-8-9-6-7-18-12(9)10-4-2-3-5-11(10)19-13(14,15)16/h2-5,9,12,17H,6-8H2,1H3. The van der Waals surface area contributed by atoms with E-state index in [4.69, 9.17) is 4.74 Å². The first-order valence-corrected chi connectivity index (χ1v) is 6.12. The number of alkyl halides is 3. The van der Waals surface area contributed by atoms with E-state index in [9.17, 15) is 13.2 Å². The minimum atomic E-state index is -4.69. The number of hydrogen-bond acceptors (Lipinski definition) is 3. The van der Waals surface area contributed by atoms with Crippen molar-refractivity contribution in [2.75, 3.05) is 20.2 Å². The molecule has 0 aromatic heterocycles. The molecule has 1 aliphatic rings. The molecule has 2 atom stereocenters.